The molecule has 2 aromatic carbocycles. The molecule has 2 unspecified atom stereocenters. The number of aromatic nitrogens is 3. The van der Waals surface area contributed by atoms with Crippen LogP contribution in [0.2, 0.25) is 5.02 Å². The second-order valence-electron chi connectivity index (χ2n) is 14.7. The predicted octanol–water partition coefficient (Wildman–Crippen LogP) is 6.70. The highest BCUT2D eigenvalue weighted by molar-refractivity contribution is 6.34. The van der Waals surface area contributed by atoms with E-state index in [1.54, 1.807) is 11.0 Å². The van der Waals surface area contributed by atoms with Crippen molar-refractivity contribution in [3.63, 3.8) is 0 Å². The van der Waals surface area contributed by atoms with Gasteiger partial charge in [-0.25, -0.2) is 18.7 Å². The molecule has 0 radical (unpaired) electrons. The van der Waals surface area contributed by atoms with Crippen molar-refractivity contribution in [2.75, 3.05) is 56.6 Å². The highest BCUT2D eigenvalue weighted by atomic mass is 35.5. The third kappa shape index (κ3) is 6.29. The number of anilines is 2. The third-order valence-electron chi connectivity index (χ3n) is 10.1. The number of carbonyl (C=O) groups excluding carboxylic acids is 1. The lowest BCUT2D eigenvalue weighted by atomic mass is 9.94. The van der Waals surface area contributed by atoms with Gasteiger partial charge in [0.05, 0.1) is 44.9 Å². The van der Waals surface area contributed by atoms with Crippen molar-refractivity contribution in [2.45, 2.75) is 65.0 Å². The Morgan fingerprint density at radius 2 is 1.73 bits per heavy atom. The Balaban J connectivity index is 1.79. The first-order valence-corrected chi connectivity index (χ1v) is 18.1. The second kappa shape index (κ2) is 14.5. The van der Waals surface area contributed by atoms with Gasteiger partial charge in [-0.3, -0.25) is 14.2 Å². The molecule has 2 aliphatic heterocycles. The number of hydrogen-bond acceptors (Lipinski definition) is 8. The highest BCUT2D eigenvalue weighted by Crippen LogP contribution is 2.48. The van der Waals surface area contributed by atoms with Crippen molar-refractivity contribution in [1.82, 2.24) is 24.3 Å². The van der Waals surface area contributed by atoms with Crippen LogP contribution in [0.3, 0.4) is 0 Å². The van der Waals surface area contributed by atoms with Crippen molar-refractivity contribution in [3.05, 3.63) is 81.6 Å². The summed E-state index contributed by atoms with van der Waals surface area (Å²) in [5.74, 6) is -2.89. The molecule has 0 saturated carbocycles. The zero-order valence-corrected chi connectivity index (χ0v) is 31.5. The minimum Gasteiger partial charge on any atom is -0.507 e. The maximum absolute atomic E-state index is 17.8. The molecular weight excluding hydrogens is 688 g/mol. The summed E-state index contributed by atoms with van der Waals surface area (Å²) in [4.78, 5) is 45.7. The number of fused-ring (bicyclic) bond motifs is 5. The lowest BCUT2D eigenvalue weighted by molar-refractivity contribution is -0.128. The van der Waals surface area contributed by atoms with Crippen LogP contribution in [0.25, 0.3) is 27.7 Å². The molecule has 276 valence electrons. The van der Waals surface area contributed by atoms with E-state index in [-0.39, 0.29) is 45.9 Å². The van der Waals surface area contributed by atoms with Crippen LogP contribution in [0.4, 0.5) is 20.2 Å². The maximum atomic E-state index is 17.8. The second-order valence-corrected chi connectivity index (χ2v) is 15.1. The fraction of sp³-hybridized carbons (Fsp3) is 0.436. The molecule has 1 fully saturated rings. The number of piperazine rings is 1. The first-order chi connectivity index (χ1) is 24.7. The summed E-state index contributed by atoms with van der Waals surface area (Å²) in [6, 6.07) is 4.76. The number of halogens is 3. The van der Waals surface area contributed by atoms with Crippen molar-refractivity contribution < 1.29 is 18.7 Å². The lowest BCUT2D eigenvalue weighted by Crippen LogP contribution is -2.64. The molecule has 1 amide bonds. The van der Waals surface area contributed by atoms with E-state index < -0.39 is 28.5 Å². The van der Waals surface area contributed by atoms with E-state index in [2.05, 4.69) is 26.3 Å². The van der Waals surface area contributed by atoms with Gasteiger partial charge >= 0.3 is 0 Å². The molecule has 2 atom stereocenters. The van der Waals surface area contributed by atoms with Gasteiger partial charge in [0.25, 0.3) is 5.56 Å². The molecule has 2 aliphatic rings. The summed E-state index contributed by atoms with van der Waals surface area (Å²) in [7, 11) is 3.97. The lowest BCUT2D eigenvalue weighted by Gasteiger charge is -2.52. The average molecular weight is 734 g/mol. The molecule has 10 nitrogen and oxygen atoms in total. The summed E-state index contributed by atoms with van der Waals surface area (Å²) < 4.78 is 34.6. The van der Waals surface area contributed by atoms with Crippen molar-refractivity contribution >= 4 is 39.8 Å². The van der Waals surface area contributed by atoms with Crippen molar-refractivity contribution in [3.8, 4) is 22.6 Å². The van der Waals surface area contributed by atoms with E-state index in [9.17, 15) is 9.90 Å². The maximum Gasteiger partial charge on any atom is 0.281 e. The Morgan fingerprint density at radius 1 is 1.06 bits per heavy atom. The van der Waals surface area contributed by atoms with Crippen LogP contribution in [0.1, 0.15) is 64.3 Å². The molecule has 52 heavy (non-hydrogen) atoms. The van der Waals surface area contributed by atoms with Crippen LogP contribution >= 0.6 is 11.6 Å². The van der Waals surface area contributed by atoms with Gasteiger partial charge in [-0.15, -0.1) is 0 Å². The molecule has 1 N–H and O–H groups in total. The smallest absolute Gasteiger partial charge is 0.281 e. The number of hydrogen-bond donors (Lipinski definition) is 1. The molecule has 2 aromatic heterocycles. The Kier molecular flexibility index (Phi) is 10.4. The quantitative estimate of drug-likeness (QED) is 0.190. The van der Waals surface area contributed by atoms with Crippen LogP contribution in [0, 0.1) is 11.6 Å². The molecule has 13 heteroatoms. The number of amides is 1. The van der Waals surface area contributed by atoms with Crippen LogP contribution in [0.15, 0.2) is 48.0 Å². The zero-order chi connectivity index (χ0) is 37.8. The summed E-state index contributed by atoms with van der Waals surface area (Å²) in [5, 5.41) is 11.1. The molecule has 4 heterocycles. The fourth-order valence-electron chi connectivity index (χ4n) is 7.72. The van der Waals surface area contributed by atoms with Gasteiger partial charge in [0.15, 0.2) is 5.82 Å². The van der Waals surface area contributed by atoms with E-state index >= 15 is 13.6 Å². The van der Waals surface area contributed by atoms with Gasteiger partial charge < -0.3 is 24.7 Å². The average Bonchev–Trinajstić information content (AvgIpc) is 3.08. The van der Waals surface area contributed by atoms with Crippen LogP contribution in [-0.4, -0.2) is 94.3 Å². The number of carbonyl (C=O) groups is 1. The Morgan fingerprint density at radius 3 is 2.33 bits per heavy atom. The van der Waals surface area contributed by atoms with Gasteiger partial charge in [0.2, 0.25) is 5.91 Å². The van der Waals surface area contributed by atoms with Gasteiger partial charge in [-0.05, 0) is 70.1 Å². The van der Waals surface area contributed by atoms with Crippen molar-refractivity contribution in [1.29, 1.82) is 0 Å². The van der Waals surface area contributed by atoms with E-state index in [1.165, 1.54) is 29.1 Å². The number of benzene rings is 2. The van der Waals surface area contributed by atoms with E-state index in [1.807, 2.05) is 53.6 Å². The summed E-state index contributed by atoms with van der Waals surface area (Å²) >= 11 is 6.94. The van der Waals surface area contributed by atoms with Gasteiger partial charge in [0, 0.05) is 43.2 Å². The largest absolute Gasteiger partial charge is 0.507 e. The van der Waals surface area contributed by atoms with Gasteiger partial charge in [-0.2, -0.15) is 0 Å². The van der Waals surface area contributed by atoms with E-state index in [0.717, 1.165) is 19.0 Å². The Hall–Kier alpha value is -4.55. The molecule has 6 rings (SSSR count). The van der Waals surface area contributed by atoms with Crippen LogP contribution < -0.4 is 15.4 Å². The topological polar surface area (TPSA) is 98.0 Å². The van der Waals surface area contributed by atoms with Crippen LogP contribution in [0.5, 0.6) is 5.75 Å². The first kappa shape index (κ1) is 37.2. The summed E-state index contributed by atoms with van der Waals surface area (Å²) in [6.45, 7) is 15.8. The number of rotatable bonds is 9. The number of nitrogens with zero attached hydrogens (tertiary/aromatic N) is 7. The molecular formula is C39H46ClF2N7O3. The zero-order valence-electron chi connectivity index (χ0n) is 30.8. The monoisotopic (exact) mass is 733 g/mol. The van der Waals surface area contributed by atoms with Crippen molar-refractivity contribution in [2.24, 2.45) is 0 Å². The number of phenolic OH excluding ortho intramolecular Hbond substituents is 1. The molecule has 4 aromatic rings. The summed E-state index contributed by atoms with van der Waals surface area (Å²) in [6.07, 6.45) is 3.49. The molecule has 0 spiro atoms. The van der Waals surface area contributed by atoms with Crippen LogP contribution in [-0.2, 0) is 4.79 Å². The summed E-state index contributed by atoms with van der Waals surface area (Å²) in [5.41, 5.74) is 0.945. The number of phenols is 1. The minimum absolute atomic E-state index is 0.129. The molecule has 0 aliphatic carbocycles. The number of aromatic hydroxyl groups is 1. The third-order valence-corrected chi connectivity index (χ3v) is 10.4. The standard InChI is InChI=1S/C39H46ClF2N7O3/c1-9-29(51)47-19-24-18-46(15-11-14-45(7)8)38-36(48(24)17-23(47)6)25-16-26(40)30(31-27(41)12-10-13-28(31)50)32(42)35(25)49(39(38)52)37-33(21(2)3)43-20-44-34(37)22(4)5/h9-10,12-13,16,20-24,50H,1,11,14-15,17-19H2,2-8H3. The van der Waals surface area contributed by atoms with Gasteiger partial charge in [0.1, 0.15) is 23.6 Å². The number of pyridine rings is 1. The SMILES string of the molecule is C=CC(=O)N1CC2CN(CCCN(C)C)c3c(c4cc(Cl)c(-c5c(O)cccc5F)c(F)c4n(-c4c(C(C)C)ncnc4C(C)C)c3=O)N2CC1C. The molecule has 0 bridgehead atoms. The highest BCUT2D eigenvalue weighted by Gasteiger charge is 2.43. The normalized spacial score (nSPS) is 17.4. The van der Waals surface area contributed by atoms with Gasteiger partial charge in [-0.1, -0.05) is 51.9 Å². The fourth-order valence-corrected chi connectivity index (χ4v) is 8.01. The van der Waals surface area contributed by atoms with E-state index in [0.29, 0.717) is 60.0 Å². The van der Waals surface area contributed by atoms with E-state index in [4.69, 9.17) is 11.6 Å². The molecule has 1 saturated heterocycles. The predicted molar refractivity (Wildman–Crippen MR) is 203 cm³/mol. The Bertz CT molecular complexity index is 2070. The Labute approximate surface area is 307 Å². The minimum atomic E-state index is -0.967. The first-order valence-electron chi connectivity index (χ1n) is 17.7.